The molecule has 0 spiro atoms. The van der Waals surface area contributed by atoms with E-state index in [4.69, 9.17) is 11.6 Å². The van der Waals surface area contributed by atoms with Crippen molar-refractivity contribution in [1.29, 1.82) is 0 Å². The topological polar surface area (TPSA) is 71.0 Å². The van der Waals surface area contributed by atoms with Gasteiger partial charge in [0.2, 0.25) is 5.95 Å². The van der Waals surface area contributed by atoms with Crippen molar-refractivity contribution in [2.45, 2.75) is 6.42 Å². The summed E-state index contributed by atoms with van der Waals surface area (Å²) in [6, 6.07) is 22.4. The summed E-state index contributed by atoms with van der Waals surface area (Å²) in [5.41, 5.74) is 4.13. The highest BCUT2D eigenvalue weighted by atomic mass is 35.5. The second-order valence-corrected chi connectivity index (χ2v) is 7.71. The van der Waals surface area contributed by atoms with Gasteiger partial charge in [0.15, 0.2) is 0 Å². The number of aromatic nitrogens is 3. The van der Waals surface area contributed by atoms with Gasteiger partial charge in [-0.25, -0.2) is 9.97 Å². The predicted octanol–water partition coefficient (Wildman–Crippen LogP) is 5.25. The standard InChI is InChI=1S/C25H22ClN5O/c1-31(17-14-21-4-2-3-15-27-21)24(32)19-7-11-22(12-8-19)29-25-28-16-13-23(30-25)18-5-9-20(26)10-6-18/h2-13,15-16H,14,17H2,1H3,(H,28,29,30). The van der Waals surface area contributed by atoms with Crippen LogP contribution in [0.2, 0.25) is 5.02 Å². The van der Waals surface area contributed by atoms with Crippen LogP contribution in [0.3, 0.4) is 0 Å². The van der Waals surface area contributed by atoms with Crippen molar-refractivity contribution in [3.63, 3.8) is 0 Å². The zero-order valence-corrected chi connectivity index (χ0v) is 18.3. The molecule has 160 valence electrons. The van der Waals surface area contributed by atoms with E-state index in [1.165, 1.54) is 0 Å². The maximum absolute atomic E-state index is 12.7. The molecular weight excluding hydrogens is 422 g/mol. The fraction of sp³-hybridized carbons (Fsp3) is 0.120. The van der Waals surface area contributed by atoms with Crippen molar-refractivity contribution >= 4 is 29.1 Å². The summed E-state index contributed by atoms with van der Waals surface area (Å²) >= 11 is 5.96. The summed E-state index contributed by atoms with van der Waals surface area (Å²) in [6.45, 7) is 0.598. The zero-order valence-electron chi connectivity index (χ0n) is 17.6. The van der Waals surface area contributed by atoms with Gasteiger partial charge in [0.25, 0.3) is 5.91 Å². The number of nitrogens with zero attached hydrogens (tertiary/aromatic N) is 4. The third kappa shape index (κ3) is 5.47. The lowest BCUT2D eigenvalue weighted by Crippen LogP contribution is -2.28. The number of nitrogens with one attached hydrogen (secondary N) is 1. The molecule has 1 amide bonds. The predicted molar refractivity (Wildman–Crippen MR) is 127 cm³/mol. The Morgan fingerprint density at radius 3 is 2.44 bits per heavy atom. The van der Waals surface area contributed by atoms with E-state index in [-0.39, 0.29) is 5.91 Å². The van der Waals surface area contributed by atoms with Gasteiger partial charge in [-0.2, -0.15) is 0 Å². The normalized spacial score (nSPS) is 10.6. The van der Waals surface area contributed by atoms with Crippen molar-refractivity contribution in [3.05, 3.63) is 101 Å². The molecule has 2 heterocycles. The molecule has 2 aromatic heterocycles. The van der Waals surface area contributed by atoms with Crippen LogP contribution in [-0.2, 0) is 6.42 Å². The molecule has 0 aliphatic rings. The molecular formula is C25H22ClN5O. The Bertz CT molecular complexity index is 1180. The minimum Gasteiger partial charge on any atom is -0.341 e. The summed E-state index contributed by atoms with van der Waals surface area (Å²) in [7, 11) is 1.80. The molecule has 0 atom stereocenters. The van der Waals surface area contributed by atoms with Gasteiger partial charge in [-0.05, 0) is 54.6 Å². The molecule has 2 aromatic carbocycles. The fourth-order valence-electron chi connectivity index (χ4n) is 3.18. The second kappa shape index (κ2) is 10.0. The summed E-state index contributed by atoms with van der Waals surface area (Å²) in [6.07, 6.45) is 4.18. The number of hydrogen-bond acceptors (Lipinski definition) is 5. The highest BCUT2D eigenvalue weighted by Gasteiger charge is 2.12. The van der Waals surface area contributed by atoms with E-state index in [1.54, 1.807) is 36.5 Å². The second-order valence-electron chi connectivity index (χ2n) is 7.27. The first-order valence-electron chi connectivity index (χ1n) is 10.2. The van der Waals surface area contributed by atoms with E-state index >= 15 is 0 Å². The Morgan fingerprint density at radius 2 is 1.72 bits per heavy atom. The number of likely N-dealkylation sites (N-methyl/N-ethyl adjacent to an activating group) is 1. The first kappa shape index (κ1) is 21.5. The molecule has 6 nitrogen and oxygen atoms in total. The molecule has 0 radical (unpaired) electrons. The van der Waals surface area contributed by atoms with Crippen LogP contribution in [0, 0.1) is 0 Å². The van der Waals surface area contributed by atoms with Crippen molar-refractivity contribution in [2.75, 3.05) is 18.9 Å². The average molecular weight is 444 g/mol. The molecule has 4 aromatic rings. The van der Waals surface area contributed by atoms with Gasteiger partial charge in [0.1, 0.15) is 0 Å². The Kier molecular flexibility index (Phi) is 6.72. The number of anilines is 2. The molecule has 0 saturated carbocycles. The van der Waals surface area contributed by atoms with Crippen LogP contribution in [0.4, 0.5) is 11.6 Å². The SMILES string of the molecule is CN(CCc1ccccn1)C(=O)c1ccc(Nc2nccc(-c3ccc(Cl)cc3)n2)cc1. The molecule has 1 N–H and O–H groups in total. The number of benzene rings is 2. The van der Waals surface area contributed by atoms with Crippen molar-refractivity contribution in [3.8, 4) is 11.3 Å². The molecule has 0 unspecified atom stereocenters. The third-order valence-corrected chi connectivity index (χ3v) is 5.21. The number of carbonyl (C=O) groups excluding carboxylic acids is 1. The number of halogens is 1. The quantitative estimate of drug-likeness (QED) is 0.422. The van der Waals surface area contributed by atoms with Gasteiger partial charge in [0, 0.05) is 59.9 Å². The van der Waals surface area contributed by atoms with E-state index in [0.29, 0.717) is 29.5 Å². The third-order valence-electron chi connectivity index (χ3n) is 4.96. The van der Waals surface area contributed by atoms with Crippen molar-refractivity contribution in [2.24, 2.45) is 0 Å². The highest BCUT2D eigenvalue weighted by molar-refractivity contribution is 6.30. The smallest absolute Gasteiger partial charge is 0.253 e. The maximum atomic E-state index is 12.7. The van der Waals surface area contributed by atoms with Gasteiger partial charge >= 0.3 is 0 Å². The monoisotopic (exact) mass is 443 g/mol. The lowest BCUT2D eigenvalue weighted by atomic mass is 10.1. The molecule has 7 heteroatoms. The van der Waals surface area contributed by atoms with Gasteiger partial charge in [0.05, 0.1) is 5.69 Å². The molecule has 0 saturated heterocycles. The number of pyridine rings is 1. The minimum absolute atomic E-state index is 0.0338. The Hall–Kier alpha value is -3.77. The number of rotatable bonds is 7. The summed E-state index contributed by atoms with van der Waals surface area (Å²) < 4.78 is 0. The van der Waals surface area contributed by atoms with Crippen LogP contribution in [0.5, 0.6) is 0 Å². The molecule has 32 heavy (non-hydrogen) atoms. The van der Waals surface area contributed by atoms with E-state index in [1.807, 2.05) is 60.7 Å². The summed E-state index contributed by atoms with van der Waals surface area (Å²) in [5.74, 6) is 0.442. The van der Waals surface area contributed by atoms with Crippen molar-refractivity contribution < 1.29 is 4.79 Å². The lowest BCUT2D eigenvalue weighted by Gasteiger charge is -2.17. The van der Waals surface area contributed by atoms with Crippen LogP contribution < -0.4 is 5.32 Å². The van der Waals surface area contributed by atoms with Crippen molar-refractivity contribution in [1.82, 2.24) is 19.9 Å². The number of hydrogen-bond donors (Lipinski definition) is 1. The summed E-state index contributed by atoms with van der Waals surface area (Å²) in [5, 5.41) is 3.86. The van der Waals surface area contributed by atoms with Crippen LogP contribution in [0.25, 0.3) is 11.3 Å². The minimum atomic E-state index is -0.0338. The van der Waals surface area contributed by atoms with Crippen LogP contribution in [0.15, 0.2) is 85.2 Å². The van der Waals surface area contributed by atoms with E-state index < -0.39 is 0 Å². The Morgan fingerprint density at radius 1 is 0.938 bits per heavy atom. The van der Waals surface area contributed by atoms with E-state index in [2.05, 4.69) is 20.3 Å². The first-order valence-corrected chi connectivity index (χ1v) is 10.6. The molecule has 4 rings (SSSR count). The largest absolute Gasteiger partial charge is 0.341 e. The fourth-order valence-corrected chi connectivity index (χ4v) is 3.30. The average Bonchev–Trinajstić information content (AvgIpc) is 2.84. The summed E-state index contributed by atoms with van der Waals surface area (Å²) in [4.78, 5) is 27.6. The molecule has 0 bridgehead atoms. The maximum Gasteiger partial charge on any atom is 0.253 e. The zero-order chi connectivity index (χ0) is 22.3. The van der Waals surface area contributed by atoms with Gasteiger partial charge in [-0.3, -0.25) is 9.78 Å². The van der Waals surface area contributed by atoms with Crippen LogP contribution in [-0.4, -0.2) is 39.4 Å². The van der Waals surface area contributed by atoms with Gasteiger partial charge < -0.3 is 10.2 Å². The van der Waals surface area contributed by atoms with E-state index in [9.17, 15) is 4.79 Å². The van der Waals surface area contributed by atoms with E-state index in [0.717, 1.165) is 22.6 Å². The molecule has 0 aliphatic heterocycles. The highest BCUT2D eigenvalue weighted by Crippen LogP contribution is 2.21. The Labute approximate surface area is 191 Å². The van der Waals surface area contributed by atoms with Crippen LogP contribution >= 0.6 is 11.6 Å². The van der Waals surface area contributed by atoms with Gasteiger partial charge in [-0.15, -0.1) is 0 Å². The number of amides is 1. The van der Waals surface area contributed by atoms with Gasteiger partial charge in [-0.1, -0.05) is 29.8 Å². The Balaban J connectivity index is 1.39. The van der Waals surface area contributed by atoms with Crippen LogP contribution in [0.1, 0.15) is 16.1 Å². The molecule has 0 fully saturated rings. The molecule has 0 aliphatic carbocycles. The first-order chi connectivity index (χ1) is 15.6. The lowest BCUT2D eigenvalue weighted by molar-refractivity contribution is 0.0796. The number of carbonyl (C=O) groups is 1.